The first kappa shape index (κ1) is 13.8. The number of anilines is 1. The number of hydrogen-bond donors (Lipinski definition) is 0. The molecule has 3 heterocycles. The van der Waals surface area contributed by atoms with Crippen LogP contribution < -0.4 is 4.90 Å². The standard InChI is InChI=1S/C13H14F3N5/c1-8-9(2)21-6-5-20(7-11(21)18-8)12-17-4-3-10(19-12)13(14,15)16/h3-4H,5-7H2,1-2H3. The molecule has 2 aromatic heterocycles. The van der Waals surface area contributed by atoms with Gasteiger partial charge in [0.15, 0.2) is 0 Å². The van der Waals surface area contributed by atoms with E-state index in [0.717, 1.165) is 29.5 Å². The predicted octanol–water partition coefficient (Wildman–Crippen LogP) is 2.33. The van der Waals surface area contributed by atoms with Gasteiger partial charge in [-0.1, -0.05) is 0 Å². The lowest BCUT2D eigenvalue weighted by molar-refractivity contribution is -0.141. The van der Waals surface area contributed by atoms with Gasteiger partial charge in [0, 0.05) is 25.0 Å². The number of alkyl halides is 3. The van der Waals surface area contributed by atoms with Crippen molar-refractivity contribution in [1.29, 1.82) is 0 Å². The molecule has 3 rings (SSSR count). The normalized spacial score (nSPS) is 15.2. The molecule has 5 nitrogen and oxygen atoms in total. The van der Waals surface area contributed by atoms with Crippen molar-refractivity contribution >= 4 is 5.95 Å². The highest BCUT2D eigenvalue weighted by molar-refractivity contribution is 5.33. The molecule has 0 spiro atoms. The third kappa shape index (κ3) is 2.45. The van der Waals surface area contributed by atoms with E-state index in [4.69, 9.17) is 0 Å². The van der Waals surface area contributed by atoms with Gasteiger partial charge in [0.2, 0.25) is 5.95 Å². The van der Waals surface area contributed by atoms with E-state index in [-0.39, 0.29) is 5.95 Å². The minimum atomic E-state index is -4.46. The Bertz CT molecular complexity index is 677. The van der Waals surface area contributed by atoms with E-state index in [1.54, 1.807) is 4.90 Å². The van der Waals surface area contributed by atoms with E-state index >= 15 is 0 Å². The van der Waals surface area contributed by atoms with Crippen LogP contribution in [0.15, 0.2) is 12.3 Å². The minimum Gasteiger partial charge on any atom is -0.332 e. The number of imidazole rings is 1. The van der Waals surface area contributed by atoms with Crippen molar-refractivity contribution in [3.8, 4) is 0 Å². The number of nitrogens with zero attached hydrogens (tertiary/aromatic N) is 5. The monoisotopic (exact) mass is 297 g/mol. The summed E-state index contributed by atoms with van der Waals surface area (Å²) in [5.74, 6) is 0.923. The van der Waals surface area contributed by atoms with Crippen molar-refractivity contribution in [2.75, 3.05) is 11.4 Å². The molecule has 0 saturated carbocycles. The number of aromatic nitrogens is 4. The van der Waals surface area contributed by atoms with Crippen LogP contribution in [0.4, 0.5) is 19.1 Å². The third-order valence-corrected chi connectivity index (χ3v) is 3.68. The lowest BCUT2D eigenvalue weighted by Gasteiger charge is -2.28. The zero-order chi connectivity index (χ0) is 15.2. The highest BCUT2D eigenvalue weighted by Gasteiger charge is 2.33. The van der Waals surface area contributed by atoms with E-state index < -0.39 is 11.9 Å². The van der Waals surface area contributed by atoms with Crippen LogP contribution in [0.1, 0.15) is 22.9 Å². The summed E-state index contributed by atoms with van der Waals surface area (Å²) < 4.78 is 40.2. The van der Waals surface area contributed by atoms with Gasteiger partial charge in [-0.15, -0.1) is 0 Å². The van der Waals surface area contributed by atoms with Gasteiger partial charge in [-0.3, -0.25) is 0 Å². The van der Waals surface area contributed by atoms with Crippen LogP contribution in [0.5, 0.6) is 0 Å². The molecule has 2 aromatic rings. The van der Waals surface area contributed by atoms with Gasteiger partial charge in [-0.2, -0.15) is 13.2 Å². The summed E-state index contributed by atoms with van der Waals surface area (Å²) >= 11 is 0. The smallest absolute Gasteiger partial charge is 0.332 e. The molecule has 0 fully saturated rings. The molecule has 0 N–H and O–H groups in total. The van der Waals surface area contributed by atoms with Gasteiger partial charge in [0.05, 0.1) is 12.2 Å². The summed E-state index contributed by atoms with van der Waals surface area (Å²) in [4.78, 5) is 13.7. The van der Waals surface area contributed by atoms with Crippen LogP contribution in [-0.2, 0) is 19.3 Å². The van der Waals surface area contributed by atoms with Crippen molar-refractivity contribution in [2.24, 2.45) is 0 Å². The summed E-state index contributed by atoms with van der Waals surface area (Å²) in [6, 6.07) is 0.878. The Labute approximate surface area is 119 Å². The lowest BCUT2D eigenvalue weighted by Crippen LogP contribution is -2.35. The first-order valence-electron chi connectivity index (χ1n) is 6.54. The molecule has 0 bridgehead atoms. The molecule has 21 heavy (non-hydrogen) atoms. The fraction of sp³-hybridized carbons (Fsp3) is 0.462. The molecule has 0 aromatic carbocycles. The molecule has 1 aliphatic heterocycles. The molecule has 0 radical (unpaired) electrons. The average molecular weight is 297 g/mol. The number of aryl methyl sites for hydroxylation is 1. The zero-order valence-corrected chi connectivity index (χ0v) is 11.6. The second-order valence-electron chi connectivity index (χ2n) is 5.01. The van der Waals surface area contributed by atoms with Crippen molar-refractivity contribution < 1.29 is 13.2 Å². The highest BCUT2D eigenvalue weighted by Crippen LogP contribution is 2.29. The van der Waals surface area contributed by atoms with E-state index in [2.05, 4.69) is 19.5 Å². The molecule has 0 unspecified atom stereocenters. The highest BCUT2D eigenvalue weighted by atomic mass is 19.4. The molecule has 112 valence electrons. The van der Waals surface area contributed by atoms with E-state index in [1.165, 1.54) is 0 Å². The maximum Gasteiger partial charge on any atom is 0.433 e. The van der Waals surface area contributed by atoms with E-state index in [1.807, 2.05) is 13.8 Å². The van der Waals surface area contributed by atoms with Gasteiger partial charge in [-0.05, 0) is 19.9 Å². The molecule has 0 atom stereocenters. The van der Waals surface area contributed by atoms with Crippen LogP contribution in [0.25, 0.3) is 0 Å². The van der Waals surface area contributed by atoms with Crippen LogP contribution in [-0.4, -0.2) is 26.1 Å². The topological polar surface area (TPSA) is 46.8 Å². The Morgan fingerprint density at radius 2 is 1.90 bits per heavy atom. The van der Waals surface area contributed by atoms with Crippen LogP contribution in [0.2, 0.25) is 0 Å². The summed E-state index contributed by atoms with van der Waals surface area (Å²) in [5.41, 5.74) is 1.11. The fourth-order valence-corrected chi connectivity index (χ4v) is 2.44. The second kappa shape index (κ2) is 4.71. The maximum atomic E-state index is 12.7. The summed E-state index contributed by atoms with van der Waals surface area (Å²) in [5, 5.41) is 0. The number of fused-ring (bicyclic) bond motifs is 1. The van der Waals surface area contributed by atoms with Gasteiger partial charge in [0.1, 0.15) is 11.5 Å². The minimum absolute atomic E-state index is 0.0920. The summed E-state index contributed by atoms with van der Waals surface area (Å²) in [6.45, 7) is 5.55. The number of halogens is 3. The van der Waals surface area contributed by atoms with Crippen LogP contribution in [0.3, 0.4) is 0 Å². The second-order valence-corrected chi connectivity index (χ2v) is 5.01. The SMILES string of the molecule is Cc1nc2n(c1C)CCN(c1nccc(C(F)(F)F)n1)C2. The van der Waals surface area contributed by atoms with Crippen molar-refractivity contribution in [2.45, 2.75) is 33.1 Å². The molecule has 0 aliphatic carbocycles. The van der Waals surface area contributed by atoms with Gasteiger partial charge >= 0.3 is 6.18 Å². The van der Waals surface area contributed by atoms with E-state index in [9.17, 15) is 13.2 Å². The lowest BCUT2D eigenvalue weighted by atomic mass is 10.3. The van der Waals surface area contributed by atoms with Crippen LogP contribution in [0, 0.1) is 13.8 Å². The van der Waals surface area contributed by atoms with Crippen molar-refractivity contribution in [3.63, 3.8) is 0 Å². The molecule has 0 amide bonds. The number of rotatable bonds is 1. The molecular formula is C13H14F3N5. The molecule has 0 saturated heterocycles. The Morgan fingerprint density at radius 1 is 1.14 bits per heavy atom. The Morgan fingerprint density at radius 3 is 2.62 bits per heavy atom. The maximum absolute atomic E-state index is 12.7. The number of hydrogen-bond acceptors (Lipinski definition) is 4. The van der Waals surface area contributed by atoms with Crippen LogP contribution >= 0.6 is 0 Å². The predicted molar refractivity (Wildman–Crippen MR) is 69.8 cm³/mol. The molecule has 8 heteroatoms. The van der Waals surface area contributed by atoms with E-state index in [0.29, 0.717) is 19.6 Å². The van der Waals surface area contributed by atoms with Gasteiger partial charge in [-0.25, -0.2) is 15.0 Å². The van der Waals surface area contributed by atoms with Gasteiger partial charge < -0.3 is 9.47 Å². The first-order chi connectivity index (χ1) is 9.86. The average Bonchev–Trinajstić information content (AvgIpc) is 2.73. The molecule has 1 aliphatic rings. The third-order valence-electron chi connectivity index (χ3n) is 3.68. The first-order valence-corrected chi connectivity index (χ1v) is 6.54. The Hall–Kier alpha value is -2.12. The molecular weight excluding hydrogens is 283 g/mol. The fourth-order valence-electron chi connectivity index (χ4n) is 2.44. The zero-order valence-electron chi connectivity index (χ0n) is 11.6. The Kier molecular flexibility index (Phi) is 3.11. The largest absolute Gasteiger partial charge is 0.433 e. The quantitative estimate of drug-likeness (QED) is 0.810. The summed E-state index contributed by atoms with van der Waals surface area (Å²) in [6.07, 6.45) is -3.32. The van der Waals surface area contributed by atoms with Gasteiger partial charge in [0.25, 0.3) is 0 Å². The summed E-state index contributed by atoms with van der Waals surface area (Å²) in [7, 11) is 0. The Balaban J connectivity index is 1.90. The van der Waals surface area contributed by atoms with Crippen molar-refractivity contribution in [1.82, 2.24) is 19.5 Å². The van der Waals surface area contributed by atoms with Crippen molar-refractivity contribution in [3.05, 3.63) is 35.2 Å².